The standard InChI is InChI=1S/C15H17N3O/c1-13(14-8-4-2-5-9-14)12-18(16-17-19)15-10-6-3-7-11-15/h2-11,13H,12H2,1H3,(H,16,19). The summed E-state index contributed by atoms with van der Waals surface area (Å²) in [5.74, 6) is 0.288. The summed E-state index contributed by atoms with van der Waals surface area (Å²) in [7, 11) is 0. The quantitative estimate of drug-likeness (QED) is 0.635. The van der Waals surface area contributed by atoms with Crippen LogP contribution in [0.3, 0.4) is 0 Å². The van der Waals surface area contributed by atoms with E-state index in [9.17, 15) is 4.91 Å². The summed E-state index contributed by atoms with van der Waals surface area (Å²) in [6.45, 7) is 2.79. The summed E-state index contributed by atoms with van der Waals surface area (Å²) >= 11 is 0. The van der Waals surface area contributed by atoms with Crippen LogP contribution >= 0.6 is 0 Å². The van der Waals surface area contributed by atoms with E-state index in [-0.39, 0.29) is 5.92 Å². The van der Waals surface area contributed by atoms with Gasteiger partial charge in [0.15, 0.2) is 0 Å². The van der Waals surface area contributed by atoms with Crippen molar-refractivity contribution in [2.24, 2.45) is 5.29 Å². The molecule has 0 fully saturated rings. The van der Waals surface area contributed by atoms with E-state index in [1.165, 1.54) is 5.56 Å². The van der Waals surface area contributed by atoms with Crippen LogP contribution in [0.4, 0.5) is 5.69 Å². The first-order chi connectivity index (χ1) is 9.31. The Balaban J connectivity index is 2.11. The van der Waals surface area contributed by atoms with Crippen molar-refractivity contribution in [1.82, 2.24) is 5.53 Å². The van der Waals surface area contributed by atoms with E-state index in [0.29, 0.717) is 6.54 Å². The highest BCUT2D eigenvalue weighted by molar-refractivity contribution is 5.45. The molecule has 98 valence electrons. The highest BCUT2D eigenvalue weighted by Crippen LogP contribution is 2.19. The van der Waals surface area contributed by atoms with Gasteiger partial charge in [0.1, 0.15) is 0 Å². The van der Waals surface area contributed by atoms with Crippen LogP contribution in [0.1, 0.15) is 18.4 Å². The van der Waals surface area contributed by atoms with Crippen LogP contribution in [0.5, 0.6) is 0 Å². The highest BCUT2D eigenvalue weighted by atomic mass is 16.3. The Morgan fingerprint density at radius 1 is 1.05 bits per heavy atom. The second kappa shape index (κ2) is 6.54. The van der Waals surface area contributed by atoms with Gasteiger partial charge in [0.25, 0.3) is 0 Å². The summed E-state index contributed by atoms with van der Waals surface area (Å²) in [5, 5.41) is 4.54. The Morgan fingerprint density at radius 2 is 1.63 bits per heavy atom. The predicted molar refractivity (Wildman–Crippen MR) is 77.6 cm³/mol. The van der Waals surface area contributed by atoms with Crippen LogP contribution in [0.15, 0.2) is 65.9 Å². The van der Waals surface area contributed by atoms with E-state index < -0.39 is 0 Å². The fraction of sp³-hybridized carbons (Fsp3) is 0.200. The number of nitrogens with zero attached hydrogens (tertiary/aromatic N) is 2. The van der Waals surface area contributed by atoms with Gasteiger partial charge in [-0.25, -0.2) is 0 Å². The maximum absolute atomic E-state index is 10.5. The molecule has 0 aliphatic rings. The minimum atomic E-state index is 0.288. The summed E-state index contributed by atoms with van der Waals surface area (Å²) < 4.78 is 0. The van der Waals surface area contributed by atoms with Crippen molar-refractivity contribution in [3.8, 4) is 0 Å². The number of hydrogen-bond donors (Lipinski definition) is 1. The van der Waals surface area contributed by atoms with Gasteiger partial charge >= 0.3 is 0 Å². The predicted octanol–water partition coefficient (Wildman–Crippen LogP) is 3.48. The lowest BCUT2D eigenvalue weighted by Crippen LogP contribution is -2.37. The zero-order valence-electron chi connectivity index (χ0n) is 10.9. The Morgan fingerprint density at radius 3 is 2.21 bits per heavy atom. The van der Waals surface area contributed by atoms with E-state index in [0.717, 1.165) is 5.69 Å². The second-order valence-corrected chi connectivity index (χ2v) is 4.45. The molecular formula is C15H17N3O. The van der Waals surface area contributed by atoms with Crippen LogP contribution in [0.2, 0.25) is 0 Å². The van der Waals surface area contributed by atoms with Crippen LogP contribution < -0.4 is 10.5 Å². The minimum Gasteiger partial charge on any atom is -0.269 e. The summed E-state index contributed by atoms with van der Waals surface area (Å²) in [4.78, 5) is 10.5. The van der Waals surface area contributed by atoms with E-state index in [4.69, 9.17) is 0 Å². The first-order valence-electron chi connectivity index (χ1n) is 6.27. The molecule has 0 aliphatic carbocycles. The summed E-state index contributed by atoms with van der Waals surface area (Å²) in [6, 6.07) is 19.9. The minimum absolute atomic E-state index is 0.288. The lowest BCUT2D eigenvalue weighted by atomic mass is 10.0. The number of nitrogens with one attached hydrogen (secondary N) is 1. The molecule has 1 N–H and O–H groups in total. The number of hydrogen-bond acceptors (Lipinski definition) is 3. The third-order valence-corrected chi connectivity index (χ3v) is 3.05. The lowest BCUT2D eigenvalue weighted by molar-refractivity contribution is 0.601. The van der Waals surface area contributed by atoms with Gasteiger partial charge in [-0.1, -0.05) is 55.5 Å². The van der Waals surface area contributed by atoms with E-state index in [1.807, 2.05) is 48.5 Å². The summed E-state index contributed by atoms with van der Waals surface area (Å²) in [6.07, 6.45) is 0. The van der Waals surface area contributed by atoms with Crippen LogP contribution in [0, 0.1) is 4.91 Å². The van der Waals surface area contributed by atoms with Crippen molar-refractivity contribution in [2.45, 2.75) is 12.8 Å². The number of anilines is 1. The molecule has 0 radical (unpaired) electrons. The fourth-order valence-electron chi connectivity index (χ4n) is 2.02. The molecule has 0 heterocycles. The topological polar surface area (TPSA) is 44.7 Å². The van der Waals surface area contributed by atoms with E-state index >= 15 is 0 Å². The third kappa shape index (κ3) is 3.55. The van der Waals surface area contributed by atoms with Gasteiger partial charge in [-0.15, -0.1) is 4.91 Å². The highest BCUT2D eigenvalue weighted by Gasteiger charge is 2.12. The van der Waals surface area contributed by atoms with Crippen molar-refractivity contribution < 1.29 is 0 Å². The van der Waals surface area contributed by atoms with Crippen molar-refractivity contribution in [1.29, 1.82) is 0 Å². The molecule has 19 heavy (non-hydrogen) atoms. The van der Waals surface area contributed by atoms with Crippen molar-refractivity contribution >= 4 is 5.69 Å². The van der Waals surface area contributed by atoms with Gasteiger partial charge in [0.05, 0.1) is 11.0 Å². The Kier molecular flexibility index (Phi) is 4.50. The van der Waals surface area contributed by atoms with E-state index in [2.05, 4.69) is 29.9 Å². The maximum atomic E-state index is 10.5. The van der Waals surface area contributed by atoms with Crippen molar-refractivity contribution in [3.63, 3.8) is 0 Å². The SMILES string of the molecule is CC(CN(NN=O)c1ccccc1)c1ccccc1. The smallest absolute Gasteiger partial charge is 0.0705 e. The molecule has 4 heteroatoms. The molecule has 2 aromatic rings. The first kappa shape index (κ1) is 13.1. The van der Waals surface area contributed by atoms with Crippen LogP contribution in [-0.2, 0) is 0 Å². The lowest BCUT2D eigenvalue weighted by Gasteiger charge is -2.25. The summed E-state index contributed by atoms with van der Waals surface area (Å²) in [5.41, 5.74) is 4.66. The molecular weight excluding hydrogens is 238 g/mol. The normalized spacial score (nSPS) is 11.6. The van der Waals surface area contributed by atoms with Gasteiger partial charge in [0.2, 0.25) is 0 Å². The molecule has 2 aromatic carbocycles. The number of nitroso groups, excluding NO2 is 1. The molecule has 0 spiro atoms. The van der Waals surface area contributed by atoms with Crippen molar-refractivity contribution in [3.05, 3.63) is 71.1 Å². The van der Waals surface area contributed by atoms with Gasteiger partial charge in [-0.05, 0) is 17.7 Å². The average Bonchev–Trinajstić information content (AvgIpc) is 2.48. The van der Waals surface area contributed by atoms with Gasteiger partial charge in [-0.3, -0.25) is 5.01 Å². The van der Waals surface area contributed by atoms with Gasteiger partial charge in [0, 0.05) is 12.5 Å². The Labute approximate surface area is 113 Å². The molecule has 0 saturated heterocycles. The second-order valence-electron chi connectivity index (χ2n) is 4.45. The average molecular weight is 255 g/mol. The molecule has 0 bridgehead atoms. The monoisotopic (exact) mass is 255 g/mol. The first-order valence-corrected chi connectivity index (χ1v) is 6.27. The number of hydrazine groups is 1. The number of benzene rings is 2. The molecule has 0 saturated carbocycles. The zero-order valence-corrected chi connectivity index (χ0v) is 10.9. The molecule has 2 rings (SSSR count). The van der Waals surface area contributed by atoms with Gasteiger partial charge < -0.3 is 0 Å². The molecule has 0 aromatic heterocycles. The zero-order chi connectivity index (χ0) is 13.5. The molecule has 0 amide bonds. The third-order valence-electron chi connectivity index (χ3n) is 3.05. The Bertz CT molecular complexity index is 501. The fourth-order valence-corrected chi connectivity index (χ4v) is 2.02. The largest absolute Gasteiger partial charge is 0.269 e. The maximum Gasteiger partial charge on any atom is 0.0705 e. The van der Waals surface area contributed by atoms with Crippen molar-refractivity contribution in [2.75, 3.05) is 11.6 Å². The van der Waals surface area contributed by atoms with Crippen LogP contribution in [-0.4, -0.2) is 6.54 Å². The number of rotatable bonds is 6. The van der Waals surface area contributed by atoms with Crippen LogP contribution in [0.25, 0.3) is 0 Å². The van der Waals surface area contributed by atoms with Gasteiger partial charge in [-0.2, -0.15) is 5.53 Å². The Hall–Kier alpha value is -2.36. The molecule has 1 unspecified atom stereocenters. The van der Waals surface area contributed by atoms with E-state index in [1.54, 1.807) is 5.01 Å². The molecule has 1 atom stereocenters. The number of para-hydroxylation sites is 1. The molecule has 4 nitrogen and oxygen atoms in total. The molecule has 0 aliphatic heterocycles.